The molecular weight excluding hydrogens is 211 g/mol. The zero-order chi connectivity index (χ0) is 11.5. The molecule has 0 N–H and O–H groups in total. The topological polar surface area (TPSA) is 29.5 Å². The van der Waals surface area contributed by atoms with Crippen molar-refractivity contribution in [2.24, 2.45) is 0 Å². The first-order valence-electron chi connectivity index (χ1n) is 4.93. The van der Waals surface area contributed by atoms with Gasteiger partial charge in [-0.3, -0.25) is 0 Å². The molecule has 0 radical (unpaired) electrons. The van der Waals surface area contributed by atoms with E-state index in [1.165, 1.54) is 4.90 Å². The van der Waals surface area contributed by atoms with Crippen LogP contribution in [0.4, 0.5) is 18.0 Å². The van der Waals surface area contributed by atoms with Crippen molar-refractivity contribution in [1.82, 2.24) is 4.90 Å². The lowest BCUT2D eigenvalue weighted by atomic mass is 10.1. The van der Waals surface area contributed by atoms with Crippen LogP contribution in [0.15, 0.2) is 0 Å². The van der Waals surface area contributed by atoms with E-state index in [0.29, 0.717) is 13.1 Å². The van der Waals surface area contributed by atoms with Crippen LogP contribution in [0, 0.1) is 0 Å². The quantitative estimate of drug-likeness (QED) is 0.686. The molecule has 1 heterocycles. The highest BCUT2D eigenvalue weighted by atomic mass is 19.4. The lowest BCUT2D eigenvalue weighted by Crippen LogP contribution is -2.40. The van der Waals surface area contributed by atoms with Gasteiger partial charge in [0.15, 0.2) is 6.10 Å². The number of likely N-dealkylation sites (tertiary alicyclic amines) is 1. The van der Waals surface area contributed by atoms with Gasteiger partial charge in [0.1, 0.15) is 0 Å². The molecule has 1 fully saturated rings. The van der Waals surface area contributed by atoms with Gasteiger partial charge in [-0.15, -0.1) is 0 Å². The molecule has 0 bridgehead atoms. The maximum Gasteiger partial charge on any atom is 0.425 e. The maximum atomic E-state index is 12.1. The Balaban J connectivity index is 2.40. The van der Waals surface area contributed by atoms with E-state index in [9.17, 15) is 18.0 Å². The second-order valence-electron chi connectivity index (χ2n) is 3.62. The van der Waals surface area contributed by atoms with Crippen LogP contribution in [0.25, 0.3) is 0 Å². The number of carbonyl (C=O) groups is 1. The van der Waals surface area contributed by atoms with Gasteiger partial charge in [0.2, 0.25) is 0 Å². The van der Waals surface area contributed by atoms with Crippen molar-refractivity contribution in [3.05, 3.63) is 0 Å². The highest BCUT2D eigenvalue weighted by Crippen LogP contribution is 2.23. The summed E-state index contributed by atoms with van der Waals surface area (Å²) in [7, 11) is 0. The van der Waals surface area contributed by atoms with Crippen LogP contribution in [-0.2, 0) is 4.74 Å². The van der Waals surface area contributed by atoms with E-state index in [0.717, 1.165) is 26.2 Å². The highest BCUT2D eigenvalue weighted by Gasteiger charge is 2.40. The van der Waals surface area contributed by atoms with Crippen molar-refractivity contribution in [2.75, 3.05) is 13.1 Å². The Morgan fingerprint density at radius 3 is 2.27 bits per heavy atom. The molecule has 1 atom stereocenters. The summed E-state index contributed by atoms with van der Waals surface area (Å²) in [6.07, 6.45) is -4.71. The zero-order valence-electron chi connectivity index (χ0n) is 8.51. The molecule has 6 heteroatoms. The standard InChI is InChI=1S/C9H14F3NO2/c1-7(9(10,11)12)15-8(14)13-5-3-2-4-6-13/h7H,2-6H2,1H3/t7-/m1/s1. The van der Waals surface area contributed by atoms with E-state index >= 15 is 0 Å². The normalized spacial score (nSPS) is 19.9. The number of rotatable bonds is 1. The van der Waals surface area contributed by atoms with Gasteiger partial charge in [0.25, 0.3) is 0 Å². The lowest BCUT2D eigenvalue weighted by Gasteiger charge is -2.27. The van der Waals surface area contributed by atoms with E-state index in [1.807, 2.05) is 0 Å². The Hall–Kier alpha value is -0.940. The van der Waals surface area contributed by atoms with Gasteiger partial charge in [-0.05, 0) is 26.2 Å². The summed E-state index contributed by atoms with van der Waals surface area (Å²) >= 11 is 0. The van der Waals surface area contributed by atoms with Crippen LogP contribution >= 0.6 is 0 Å². The van der Waals surface area contributed by atoms with E-state index in [-0.39, 0.29) is 0 Å². The van der Waals surface area contributed by atoms with Gasteiger partial charge in [0.05, 0.1) is 0 Å². The average molecular weight is 225 g/mol. The fourth-order valence-corrected chi connectivity index (χ4v) is 1.37. The second kappa shape index (κ2) is 4.72. The molecule has 1 amide bonds. The van der Waals surface area contributed by atoms with E-state index in [4.69, 9.17) is 0 Å². The number of nitrogens with zero attached hydrogens (tertiary/aromatic N) is 1. The molecular formula is C9H14F3NO2. The first kappa shape index (κ1) is 12.1. The largest absolute Gasteiger partial charge is 0.437 e. The fourth-order valence-electron chi connectivity index (χ4n) is 1.37. The van der Waals surface area contributed by atoms with Crippen molar-refractivity contribution in [3.8, 4) is 0 Å². The van der Waals surface area contributed by atoms with E-state index in [1.54, 1.807) is 0 Å². The molecule has 0 aromatic rings. The van der Waals surface area contributed by atoms with E-state index < -0.39 is 18.4 Å². The average Bonchev–Trinajstić information content (AvgIpc) is 2.17. The van der Waals surface area contributed by atoms with Crippen LogP contribution in [0.2, 0.25) is 0 Å². The van der Waals surface area contributed by atoms with Crippen LogP contribution in [0.5, 0.6) is 0 Å². The minimum Gasteiger partial charge on any atom is -0.437 e. The molecule has 0 aromatic carbocycles. The summed E-state index contributed by atoms with van der Waals surface area (Å²) in [5.74, 6) is 0. The smallest absolute Gasteiger partial charge is 0.425 e. The summed E-state index contributed by atoms with van der Waals surface area (Å²) in [6, 6.07) is 0. The van der Waals surface area contributed by atoms with Crippen LogP contribution in [-0.4, -0.2) is 36.4 Å². The Morgan fingerprint density at radius 2 is 1.80 bits per heavy atom. The number of piperidine rings is 1. The third kappa shape index (κ3) is 3.60. The van der Waals surface area contributed by atoms with Crippen molar-refractivity contribution >= 4 is 6.09 Å². The summed E-state index contributed by atoms with van der Waals surface area (Å²) < 4.78 is 40.6. The molecule has 0 aromatic heterocycles. The molecule has 15 heavy (non-hydrogen) atoms. The molecule has 1 aliphatic rings. The van der Waals surface area contributed by atoms with Gasteiger partial charge >= 0.3 is 12.3 Å². The van der Waals surface area contributed by atoms with Gasteiger partial charge in [-0.25, -0.2) is 4.79 Å². The third-order valence-electron chi connectivity index (χ3n) is 2.35. The predicted molar refractivity (Wildman–Crippen MR) is 47.4 cm³/mol. The third-order valence-corrected chi connectivity index (χ3v) is 2.35. The number of hydrogen-bond donors (Lipinski definition) is 0. The van der Waals surface area contributed by atoms with Crippen molar-refractivity contribution in [3.63, 3.8) is 0 Å². The van der Waals surface area contributed by atoms with Crippen LogP contribution < -0.4 is 0 Å². The fraction of sp³-hybridized carbons (Fsp3) is 0.889. The molecule has 1 rings (SSSR count). The van der Waals surface area contributed by atoms with Gasteiger partial charge in [-0.2, -0.15) is 13.2 Å². The minimum atomic E-state index is -4.48. The predicted octanol–water partition coefficient (Wildman–Crippen LogP) is 2.56. The number of alkyl halides is 3. The van der Waals surface area contributed by atoms with Crippen molar-refractivity contribution < 1.29 is 22.7 Å². The number of carbonyl (C=O) groups excluding carboxylic acids is 1. The summed E-state index contributed by atoms with van der Waals surface area (Å²) in [4.78, 5) is 12.6. The molecule has 0 saturated carbocycles. The minimum absolute atomic E-state index is 0.489. The molecule has 0 aliphatic carbocycles. The molecule has 1 aliphatic heterocycles. The van der Waals surface area contributed by atoms with Crippen LogP contribution in [0.3, 0.4) is 0 Å². The second-order valence-corrected chi connectivity index (χ2v) is 3.62. The molecule has 3 nitrogen and oxygen atoms in total. The first-order valence-corrected chi connectivity index (χ1v) is 4.93. The zero-order valence-corrected chi connectivity index (χ0v) is 8.51. The number of ether oxygens (including phenoxy) is 1. The molecule has 88 valence electrons. The van der Waals surface area contributed by atoms with Gasteiger partial charge < -0.3 is 9.64 Å². The van der Waals surface area contributed by atoms with E-state index in [2.05, 4.69) is 4.74 Å². The Bertz CT molecular complexity index is 224. The van der Waals surface area contributed by atoms with Crippen molar-refractivity contribution in [2.45, 2.75) is 38.5 Å². The molecule has 0 unspecified atom stereocenters. The molecule has 0 spiro atoms. The monoisotopic (exact) mass is 225 g/mol. The highest BCUT2D eigenvalue weighted by molar-refractivity contribution is 5.67. The first-order chi connectivity index (χ1) is 6.91. The summed E-state index contributed by atoms with van der Waals surface area (Å²) in [5, 5.41) is 0. The molecule has 1 saturated heterocycles. The summed E-state index contributed by atoms with van der Waals surface area (Å²) in [5.41, 5.74) is 0. The lowest BCUT2D eigenvalue weighted by molar-refractivity contribution is -0.199. The maximum absolute atomic E-state index is 12.1. The van der Waals surface area contributed by atoms with Gasteiger partial charge in [-0.1, -0.05) is 0 Å². The number of amides is 1. The summed E-state index contributed by atoms with van der Waals surface area (Å²) in [6.45, 7) is 1.81. The van der Waals surface area contributed by atoms with Gasteiger partial charge in [0, 0.05) is 13.1 Å². The van der Waals surface area contributed by atoms with Crippen LogP contribution in [0.1, 0.15) is 26.2 Å². The Morgan fingerprint density at radius 1 is 1.27 bits per heavy atom. The van der Waals surface area contributed by atoms with Crippen molar-refractivity contribution in [1.29, 1.82) is 0 Å². The SMILES string of the molecule is C[C@@H](OC(=O)N1CCCCC1)C(F)(F)F. The number of hydrogen-bond acceptors (Lipinski definition) is 2. The Kier molecular flexibility index (Phi) is 3.82. The number of halogens is 3. The Labute approximate surface area is 86.2 Å².